The Labute approximate surface area is 342 Å². The highest BCUT2D eigenvalue weighted by Crippen LogP contribution is 2.53. The lowest BCUT2D eigenvalue weighted by Crippen LogP contribution is -2.30. The van der Waals surface area contributed by atoms with Crippen LogP contribution < -0.4 is 21.3 Å². The third-order valence-electron chi connectivity index (χ3n) is 12.8. The van der Waals surface area contributed by atoms with Crippen LogP contribution in [0.1, 0.15) is 201 Å². The van der Waals surface area contributed by atoms with E-state index in [-0.39, 0.29) is 12.1 Å². The lowest BCUT2D eigenvalue weighted by molar-refractivity contribution is 0.251. The number of allylic oxidation sites excluding steroid dienone is 2. The Hall–Kier alpha value is -3.28. The summed E-state index contributed by atoms with van der Waals surface area (Å²) >= 11 is 0. The largest absolute Gasteiger partial charge is 0.338 e. The molecule has 2 unspecified atom stereocenters. The molecule has 2 atom stereocenters. The molecule has 2 aromatic carbocycles. The molecule has 6 nitrogen and oxygen atoms in total. The summed E-state index contributed by atoms with van der Waals surface area (Å²) in [6.45, 7) is 19.4. The molecule has 0 aliphatic heterocycles. The highest BCUT2D eigenvalue weighted by molar-refractivity contribution is 6.03. The minimum Gasteiger partial charge on any atom is -0.338 e. The fourth-order valence-corrected chi connectivity index (χ4v) is 9.53. The summed E-state index contributed by atoms with van der Waals surface area (Å²) in [7, 11) is 0. The van der Waals surface area contributed by atoms with E-state index >= 15 is 0 Å². The molecule has 0 spiro atoms. The zero-order valence-electron chi connectivity index (χ0n) is 37.1. The molecule has 6 heteroatoms. The molecule has 0 radical (unpaired) electrons. The number of hydrogen-bond donors (Lipinski definition) is 4. The third-order valence-corrected chi connectivity index (χ3v) is 12.8. The third kappa shape index (κ3) is 12.9. The van der Waals surface area contributed by atoms with Gasteiger partial charge in [-0.2, -0.15) is 0 Å². The first kappa shape index (κ1) is 45.4. The van der Waals surface area contributed by atoms with Gasteiger partial charge in [-0.05, 0) is 133 Å². The van der Waals surface area contributed by atoms with Gasteiger partial charge in [0.15, 0.2) is 0 Å². The molecule has 312 valence electrons. The molecule has 0 aromatic heterocycles. The number of nitrogens with one attached hydrogen (secondary N) is 4. The van der Waals surface area contributed by atoms with E-state index in [0.717, 1.165) is 48.2 Å². The molecule has 2 aliphatic rings. The zero-order valence-corrected chi connectivity index (χ0v) is 37.1. The molecule has 0 saturated heterocycles. The number of aryl methyl sites for hydroxylation is 2. The second-order valence-corrected chi connectivity index (χ2v) is 17.6. The van der Waals surface area contributed by atoms with Crippen molar-refractivity contribution in [1.29, 1.82) is 0 Å². The van der Waals surface area contributed by atoms with Crippen molar-refractivity contribution in [2.45, 2.75) is 197 Å². The summed E-state index contributed by atoms with van der Waals surface area (Å²) in [6.07, 6.45) is 27.7. The highest BCUT2D eigenvalue weighted by atomic mass is 16.2. The number of rotatable bonds is 24. The van der Waals surface area contributed by atoms with Crippen molar-refractivity contribution in [3.05, 3.63) is 56.6 Å². The molecular weight excluding hydrogens is 689 g/mol. The van der Waals surface area contributed by atoms with Crippen LogP contribution in [0.2, 0.25) is 0 Å². The van der Waals surface area contributed by atoms with E-state index in [2.05, 4.69) is 88.8 Å². The van der Waals surface area contributed by atoms with E-state index in [4.69, 9.17) is 0 Å². The maximum Gasteiger partial charge on any atom is 0.319 e. The Morgan fingerprint density at radius 3 is 1.12 bits per heavy atom. The molecule has 0 fully saturated rings. The van der Waals surface area contributed by atoms with Crippen molar-refractivity contribution in [3.8, 4) is 0 Å². The molecule has 56 heavy (non-hydrogen) atoms. The monoisotopic (exact) mass is 769 g/mol. The van der Waals surface area contributed by atoms with Crippen LogP contribution in [0.5, 0.6) is 0 Å². The van der Waals surface area contributed by atoms with Gasteiger partial charge in [-0.25, -0.2) is 9.59 Å². The second kappa shape index (κ2) is 23.8. The SMILES string of the molecule is CCCCCCCCCCCCNC(=O)Nc1cc(C)c2c(c1C)/C(=C1/c3c(C)c(NC(=O)NCCCCCCCCCCCC)cc(C)c3CC1C)C(C)C2. The summed E-state index contributed by atoms with van der Waals surface area (Å²) in [4.78, 5) is 26.3. The number of carbonyl (C=O) groups excluding carboxylic acids is 2. The molecule has 0 heterocycles. The molecule has 4 N–H and O–H groups in total. The Bertz CT molecular complexity index is 1490. The fourth-order valence-electron chi connectivity index (χ4n) is 9.53. The van der Waals surface area contributed by atoms with Gasteiger partial charge in [0.1, 0.15) is 0 Å². The number of amides is 4. The average Bonchev–Trinajstić information content (AvgIpc) is 3.70. The van der Waals surface area contributed by atoms with Crippen LogP contribution in [0.3, 0.4) is 0 Å². The van der Waals surface area contributed by atoms with Gasteiger partial charge in [0.25, 0.3) is 0 Å². The van der Waals surface area contributed by atoms with Crippen LogP contribution >= 0.6 is 0 Å². The van der Waals surface area contributed by atoms with Gasteiger partial charge in [0.05, 0.1) is 0 Å². The predicted octanol–water partition coefficient (Wildman–Crippen LogP) is 14.3. The van der Waals surface area contributed by atoms with Crippen molar-refractivity contribution in [2.24, 2.45) is 11.8 Å². The van der Waals surface area contributed by atoms with Gasteiger partial charge < -0.3 is 21.3 Å². The molecule has 2 aliphatic carbocycles. The minimum absolute atomic E-state index is 0.114. The summed E-state index contributed by atoms with van der Waals surface area (Å²) in [5.74, 6) is 0.735. The number of anilines is 2. The van der Waals surface area contributed by atoms with Crippen molar-refractivity contribution < 1.29 is 9.59 Å². The van der Waals surface area contributed by atoms with E-state index in [1.807, 2.05) is 0 Å². The Morgan fingerprint density at radius 1 is 0.500 bits per heavy atom. The number of benzene rings is 2. The Morgan fingerprint density at radius 2 is 0.804 bits per heavy atom. The molecular formula is C50H80N4O2. The first-order chi connectivity index (χ1) is 27.1. The summed E-state index contributed by atoms with van der Waals surface area (Å²) in [5.41, 5.74) is 14.9. The molecule has 4 rings (SSSR count). The van der Waals surface area contributed by atoms with Gasteiger partial charge in [-0.3, -0.25) is 0 Å². The normalized spacial score (nSPS) is 17.2. The van der Waals surface area contributed by atoms with Gasteiger partial charge in [-0.1, -0.05) is 143 Å². The van der Waals surface area contributed by atoms with E-state index in [1.54, 1.807) is 0 Å². The van der Waals surface area contributed by atoms with Gasteiger partial charge in [0.2, 0.25) is 0 Å². The van der Waals surface area contributed by atoms with Gasteiger partial charge in [0, 0.05) is 24.5 Å². The Balaban J connectivity index is 1.38. The lowest BCUT2D eigenvalue weighted by Gasteiger charge is -2.22. The van der Waals surface area contributed by atoms with Crippen LogP contribution in [0.25, 0.3) is 11.1 Å². The summed E-state index contributed by atoms with van der Waals surface area (Å²) in [5, 5.41) is 12.7. The fraction of sp³-hybridized carbons (Fsp3) is 0.680. The lowest BCUT2D eigenvalue weighted by atomic mass is 9.84. The standard InChI is InChI=1S/C50H80N4O2/c1-9-11-13-15-17-19-21-23-25-27-29-51-49(55)53-43-33-35(3)41-31-37(5)45(47(41)39(43)7)46-38(6)32-42-36(4)34-44(40(8)48(42)46)54-50(56)52-30-28-26-24-22-20-18-16-14-12-10-2/h33-34,37-38H,9-32H2,1-8H3,(H2,51,53,55)(H2,52,54,56)/b46-45+. The number of fused-ring (bicyclic) bond motifs is 2. The van der Waals surface area contributed by atoms with Gasteiger partial charge in [-0.15, -0.1) is 0 Å². The highest BCUT2D eigenvalue weighted by Gasteiger charge is 2.37. The first-order valence-corrected chi connectivity index (χ1v) is 23.2. The topological polar surface area (TPSA) is 82.3 Å². The molecule has 4 amide bonds. The van der Waals surface area contributed by atoms with Crippen LogP contribution in [0, 0.1) is 39.5 Å². The Kier molecular flexibility index (Phi) is 19.3. The maximum absolute atomic E-state index is 13.2. The van der Waals surface area contributed by atoms with E-state index in [1.165, 1.54) is 160 Å². The van der Waals surface area contributed by atoms with Crippen molar-refractivity contribution >= 4 is 34.6 Å². The van der Waals surface area contributed by atoms with E-state index in [0.29, 0.717) is 24.9 Å². The minimum atomic E-state index is -0.114. The quantitative estimate of drug-likeness (QED) is 0.0802. The number of unbranched alkanes of at least 4 members (excludes halogenated alkanes) is 18. The van der Waals surface area contributed by atoms with Crippen LogP contribution in [-0.4, -0.2) is 25.2 Å². The molecule has 2 aromatic rings. The zero-order chi connectivity index (χ0) is 40.5. The van der Waals surface area contributed by atoms with Gasteiger partial charge >= 0.3 is 12.1 Å². The molecule has 0 saturated carbocycles. The van der Waals surface area contributed by atoms with E-state index < -0.39 is 0 Å². The van der Waals surface area contributed by atoms with Crippen molar-refractivity contribution in [2.75, 3.05) is 23.7 Å². The number of hydrogen-bond acceptors (Lipinski definition) is 2. The van der Waals surface area contributed by atoms with Crippen molar-refractivity contribution in [1.82, 2.24) is 10.6 Å². The summed E-state index contributed by atoms with van der Waals surface area (Å²) < 4.78 is 0. The smallest absolute Gasteiger partial charge is 0.319 e. The average molecular weight is 769 g/mol. The summed E-state index contributed by atoms with van der Waals surface area (Å²) in [6, 6.07) is 4.12. The number of carbonyl (C=O) groups is 2. The molecule has 0 bridgehead atoms. The van der Waals surface area contributed by atoms with Crippen molar-refractivity contribution in [3.63, 3.8) is 0 Å². The number of urea groups is 2. The second-order valence-electron chi connectivity index (χ2n) is 17.6. The van der Waals surface area contributed by atoms with E-state index in [9.17, 15) is 9.59 Å². The van der Waals surface area contributed by atoms with Crippen LogP contribution in [0.4, 0.5) is 21.0 Å². The maximum atomic E-state index is 13.2. The van der Waals surface area contributed by atoms with Crippen LogP contribution in [-0.2, 0) is 12.8 Å². The van der Waals surface area contributed by atoms with Crippen LogP contribution in [0.15, 0.2) is 12.1 Å². The first-order valence-electron chi connectivity index (χ1n) is 23.2. The predicted molar refractivity (Wildman–Crippen MR) is 242 cm³/mol.